The maximum Gasteiger partial charge on any atom is 0.314 e. The molecule has 6 nitrogen and oxygen atoms in total. The minimum atomic E-state index is -0.763. The van der Waals surface area contributed by atoms with Crippen LogP contribution in [0.3, 0.4) is 0 Å². The summed E-state index contributed by atoms with van der Waals surface area (Å²) in [5.41, 5.74) is 0.259. The summed E-state index contributed by atoms with van der Waals surface area (Å²) in [6.07, 6.45) is 5.82. The average Bonchev–Trinajstić information content (AvgIpc) is 3.18. The number of hydrogen-bond acceptors (Lipinski definition) is 3. The minimum Gasteiger partial charge on any atom is -0.481 e. The number of unbranched alkanes of at least 4 members (excludes halogenated alkanes) is 2. The molecule has 3 N–H and O–H groups in total. The Balaban J connectivity index is 1.97. The van der Waals surface area contributed by atoms with Gasteiger partial charge in [-0.25, -0.2) is 4.79 Å². The molecular weight excluding hydrogens is 260 g/mol. The summed E-state index contributed by atoms with van der Waals surface area (Å²) in [5, 5.41) is 14.2. The van der Waals surface area contributed by atoms with Crippen molar-refractivity contribution in [2.45, 2.75) is 44.9 Å². The Labute approximate surface area is 120 Å². The van der Waals surface area contributed by atoms with Gasteiger partial charge in [-0.2, -0.15) is 0 Å². The van der Waals surface area contributed by atoms with Crippen LogP contribution in [-0.4, -0.2) is 43.9 Å². The van der Waals surface area contributed by atoms with Gasteiger partial charge in [0.05, 0.1) is 0 Å². The van der Waals surface area contributed by atoms with Gasteiger partial charge >= 0.3 is 12.0 Å². The van der Waals surface area contributed by atoms with Crippen LogP contribution in [-0.2, 0) is 9.53 Å². The minimum absolute atomic E-state index is 0.132. The number of methoxy groups -OCH3 is 1. The Hall–Kier alpha value is -1.30. The van der Waals surface area contributed by atoms with Crippen molar-refractivity contribution in [1.29, 1.82) is 0 Å². The van der Waals surface area contributed by atoms with Crippen LogP contribution in [0.25, 0.3) is 0 Å². The maximum absolute atomic E-state index is 11.6. The first-order chi connectivity index (χ1) is 9.58. The van der Waals surface area contributed by atoms with E-state index in [1.54, 1.807) is 7.11 Å². The van der Waals surface area contributed by atoms with E-state index in [-0.39, 0.29) is 17.9 Å². The van der Waals surface area contributed by atoms with Crippen LogP contribution in [0.5, 0.6) is 0 Å². The number of carbonyl (C=O) groups excluding carboxylic acids is 1. The summed E-state index contributed by atoms with van der Waals surface area (Å²) in [6, 6.07) is -0.132. The lowest BCUT2D eigenvalue weighted by molar-refractivity contribution is -0.137. The smallest absolute Gasteiger partial charge is 0.314 e. The SMILES string of the molecule is COCCC1(CNC(=O)NCCCCCC(=O)O)CC1. The molecule has 6 heteroatoms. The second-order valence-electron chi connectivity index (χ2n) is 5.56. The standard InChI is InChI=1S/C14H26N2O4/c1-20-10-8-14(6-7-14)11-16-13(19)15-9-4-2-3-5-12(17)18/h2-11H2,1H3,(H,17,18)(H2,15,16,19). The molecule has 0 atom stereocenters. The molecule has 1 aliphatic rings. The number of carbonyl (C=O) groups is 2. The van der Waals surface area contributed by atoms with Crippen LogP contribution < -0.4 is 10.6 Å². The second-order valence-corrected chi connectivity index (χ2v) is 5.56. The van der Waals surface area contributed by atoms with Gasteiger partial charge in [-0.1, -0.05) is 6.42 Å². The summed E-state index contributed by atoms with van der Waals surface area (Å²) >= 11 is 0. The lowest BCUT2D eigenvalue weighted by Gasteiger charge is -2.15. The highest BCUT2D eigenvalue weighted by atomic mass is 16.5. The van der Waals surface area contributed by atoms with Crippen molar-refractivity contribution in [2.24, 2.45) is 5.41 Å². The quantitative estimate of drug-likeness (QED) is 0.505. The van der Waals surface area contributed by atoms with Gasteiger partial charge in [0.2, 0.25) is 0 Å². The zero-order chi connectivity index (χ0) is 14.8. The highest BCUT2D eigenvalue weighted by Gasteiger charge is 2.42. The van der Waals surface area contributed by atoms with E-state index in [1.165, 1.54) is 0 Å². The van der Waals surface area contributed by atoms with Crippen molar-refractivity contribution >= 4 is 12.0 Å². The summed E-state index contributed by atoms with van der Waals surface area (Å²) in [7, 11) is 1.70. The molecule has 0 unspecified atom stereocenters. The number of carboxylic acid groups (broad SMARTS) is 1. The van der Waals surface area contributed by atoms with Crippen LogP contribution in [0.4, 0.5) is 4.79 Å². The Morgan fingerprint density at radius 1 is 1.20 bits per heavy atom. The molecule has 1 rings (SSSR count). The number of carboxylic acids is 1. The zero-order valence-electron chi connectivity index (χ0n) is 12.2. The molecule has 0 saturated heterocycles. The van der Waals surface area contributed by atoms with Gasteiger partial charge in [0.1, 0.15) is 0 Å². The maximum atomic E-state index is 11.6. The number of nitrogens with one attached hydrogen (secondary N) is 2. The van der Waals surface area contributed by atoms with Crippen LogP contribution in [0, 0.1) is 5.41 Å². The van der Waals surface area contributed by atoms with Gasteiger partial charge in [-0.15, -0.1) is 0 Å². The normalized spacial score (nSPS) is 15.7. The monoisotopic (exact) mass is 286 g/mol. The van der Waals surface area contributed by atoms with Crippen LogP contribution in [0.1, 0.15) is 44.9 Å². The molecule has 0 aromatic rings. The molecule has 1 aliphatic carbocycles. The molecule has 0 radical (unpaired) electrons. The van der Waals surface area contributed by atoms with Crippen molar-refractivity contribution in [2.75, 3.05) is 26.8 Å². The van der Waals surface area contributed by atoms with Crippen molar-refractivity contribution in [3.05, 3.63) is 0 Å². The van der Waals surface area contributed by atoms with E-state index in [0.717, 1.165) is 38.7 Å². The molecule has 0 aromatic carbocycles. The lowest BCUT2D eigenvalue weighted by atomic mass is 10.0. The van der Waals surface area contributed by atoms with Gasteiger partial charge in [0, 0.05) is 33.2 Å². The molecule has 0 spiro atoms. The van der Waals surface area contributed by atoms with Crippen molar-refractivity contribution in [1.82, 2.24) is 10.6 Å². The van der Waals surface area contributed by atoms with Crippen molar-refractivity contribution < 1.29 is 19.4 Å². The zero-order valence-corrected chi connectivity index (χ0v) is 12.2. The largest absolute Gasteiger partial charge is 0.481 e. The van der Waals surface area contributed by atoms with E-state index in [0.29, 0.717) is 19.5 Å². The molecule has 0 aromatic heterocycles. The first kappa shape index (κ1) is 16.8. The molecule has 116 valence electrons. The molecular formula is C14H26N2O4. The fraction of sp³-hybridized carbons (Fsp3) is 0.857. The third-order valence-corrected chi connectivity index (χ3v) is 3.77. The third-order valence-electron chi connectivity index (χ3n) is 3.77. The number of ether oxygens (including phenoxy) is 1. The number of aliphatic carboxylic acids is 1. The Morgan fingerprint density at radius 2 is 1.95 bits per heavy atom. The van der Waals surface area contributed by atoms with E-state index < -0.39 is 5.97 Å². The van der Waals surface area contributed by atoms with Gasteiger partial charge in [0.25, 0.3) is 0 Å². The summed E-state index contributed by atoms with van der Waals surface area (Å²) in [6.45, 7) is 2.05. The predicted octanol–water partition coefficient (Wildman–Crippen LogP) is 1.75. The number of hydrogen-bond donors (Lipinski definition) is 3. The van der Waals surface area contributed by atoms with E-state index in [2.05, 4.69) is 10.6 Å². The second kappa shape index (κ2) is 8.79. The van der Waals surface area contributed by atoms with E-state index in [1.807, 2.05) is 0 Å². The molecule has 0 aliphatic heterocycles. The van der Waals surface area contributed by atoms with Crippen molar-refractivity contribution in [3.8, 4) is 0 Å². The molecule has 1 fully saturated rings. The van der Waals surface area contributed by atoms with E-state index >= 15 is 0 Å². The Bertz CT molecular complexity index is 316. The molecule has 2 amide bonds. The summed E-state index contributed by atoms with van der Waals surface area (Å²) in [4.78, 5) is 21.9. The highest BCUT2D eigenvalue weighted by Crippen LogP contribution is 2.48. The van der Waals surface area contributed by atoms with Crippen LogP contribution in [0.2, 0.25) is 0 Å². The molecule has 20 heavy (non-hydrogen) atoms. The predicted molar refractivity (Wildman–Crippen MR) is 75.7 cm³/mol. The van der Waals surface area contributed by atoms with E-state index in [9.17, 15) is 9.59 Å². The van der Waals surface area contributed by atoms with E-state index in [4.69, 9.17) is 9.84 Å². The topological polar surface area (TPSA) is 87.7 Å². The first-order valence-corrected chi connectivity index (χ1v) is 7.30. The number of rotatable bonds is 11. The third kappa shape index (κ3) is 7.33. The van der Waals surface area contributed by atoms with Crippen molar-refractivity contribution in [3.63, 3.8) is 0 Å². The molecule has 0 heterocycles. The molecule has 1 saturated carbocycles. The highest BCUT2D eigenvalue weighted by molar-refractivity contribution is 5.73. The number of urea groups is 1. The van der Waals surface area contributed by atoms with Gasteiger partial charge in [-0.3, -0.25) is 4.79 Å². The van der Waals surface area contributed by atoms with Crippen LogP contribution >= 0.6 is 0 Å². The van der Waals surface area contributed by atoms with Gasteiger partial charge in [0.15, 0.2) is 0 Å². The summed E-state index contributed by atoms with van der Waals surface area (Å²) < 4.78 is 5.07. The number of amides is 2. The fourth-order valence-corrected chi connectivity index (χ4v) is 2.12. The van der Waals surface area contributed by atoms with Gasteiger partial charge < -0.3 is 20.5 Å². The summed E-state index contributed by atoms with van der Waals surface area (Å²) in [5.74, 6) is -0.763. The Kier molecular flexibility index (Phi) is 7.36. The average molecular weight is 286 g/mol. The fourth-order valence-electron chi connectivity index (χ4n) is 2.12. The Morgan fingerprint density at radius 3 is 2.55 bits per heavy atom. The van der Waals surface area contributed by atoms with Crippen LogP contribution in [0.15, 0.2) is 0 Å². The first-order valence-electron chi connectivity index (χ1n) is 7.30. The lowest BCUT2D eigenvalue weighted by Crippen LogP contribution is -2.39. The van der Waals surface area contributed by atoms with Gasteiger partial charge in [-0.05, 0) is 37.5 Å². The molecule has 0 bridgehead atoms.